The summed E-state index contributed by atoms with van der Waals surface area (Å²) in [6.07, 6.45) is -0.510. The van der Waals surface area contributed by atoms with E-state index in [0.717, 1.165) is 0 Å². The van der Waals surface area contributed by atoms with E-state index >= 15 is 0 Å². The van der Waals surface area contributed by atoms with Crippen LogP contribution in [0.4, 0.5) is 13.2 Å². The molecule has 2 N–H and O–H groups in total. The lowest BCUT2D eigenvalue weighted by molar-refractivity contribution is 0.186. The van der Waals surface area contributed by atoms with Gasteiger partial charge in [0.2, 0.25) is 5.79 Å². The maximum atomic E-state index is 12.4. The summed E-state index contributed by atoms with van der Waals surface area (Å²) in [6.45, 7) is 0. The second kappa shape index (κ2) is 1.73. The Morgan fingerprint density at radius 3 is 2.11 bits per heavy atom. The molecule has 1 aliphatic carbocycles. The minimum absolute atomic E-state index is 0.223. The molecule has 0 heterocycles. The van der Waals surface area contributed by atoms with Gasteiger partial charge in [0.1, 0.15) is 5.83 Å². The Kier molecular flexibility index (Phi) is 1.27. The Labute approximate surface area is 50.3 Å². The van der Waals surface area contributed by atoms with Crippen LogP contribution >= 0.6 is 0 Å². The van der Waals surface area contributed by atoms with Gasteiger partial charge in [-0.3, -0.25) is 5.73 Å². The lowest BCUT2D eigenvalue weighted by Crippen LogP contribution is -2.32. The van der Waals surface area contributed by atoms with E-state index in [4.69, 9.17) is 0 Å². The summed E-state index contributed by atoms with van der Waals surface area (Å²) in [5.74, 6) is -5.04. The Morgan fingerprint density at radius 2 is 2.00 bits per heavy atom. The molecule has 52 valence electrons. The molecule has 1 unspecified atom stereocenters. The maximum Gasteiger partial charge on any atom is 0.214 e. The van der Waals surface area contributed by atoms with Gasteiger partial charge in [0.15, 0.2) is 5.83 Å². The van der Waals surface area contributed by atoms with Crippen LogP contribution in [-0.4, -0.2) is 5.79 Å². The standard InChI is InChI=1S/C5H6F3N/c6-3-1-2-5(8,9)4(3)7/h1-2,9H2. The van der Waals surface area contributed by atoms with Gasteiger partial charge in [-0.05, 0) is 0 Å². The summed E-state index contributed by atoms with van der Waals surface area (Å²) in [5.41, 5.74) is 4.67. The predicted octanol–water partition coefficient (Wildman–Crippen LogP) is 1.56. The highest BCUT2D eigenvalue weighted by Gasteiger charge is 2.38. The van der Waals surface area contributed by atoms with Crippen molar-refractivity contribution >= 4 is 0 Å². The second-order valence-corrected chi connectivity index (χ2v) is 2.08. The average Bonchev–Trinajstić information content (AvgIpc) is 1.97. The van der Waals surface area contributed by atoms with Gasteiger partial charge in [0.25, 0.3) is 0 Å². The molecule has 0 aliphatic heterocycles. The monoisotopic (exact) mass is 137 g/mol. The molecule has 1 aliphatic rings. The molecule has 1 atom stereocenters. The van der Waals surface area contributed by atoms with E-state index in [2.05, 4.69) is 5.73 Å². The first kappa shape index (κ1) is 6.61. The summed E-state index contributed by atoms with van der Waals surface area (Å²) in [7, 11) is 0. The molecule has 0 amide bonds. The van der Waals surface area contributed by atoms with Crippen LogP contribution in [0.3, 0.4) is 0 Å². The van der Waals surface area contributed by atoms with Gasteiger partial charge in [0, 0.05) is 12.8 Å². The van der Waals surface area contributed by atoms with E-state index in [0.29, 0.717) is 0 Å². The van der Waals surface area contributed by atoms with Crippen LogP contribution < -0.4 is 5.73 Å². The zero-order valence-electron chi connectivity index (χ0n) is 4.63. The van der Waals surface area contributed by atoms with Gasteiger partial charge in [-0.2, -0.15) is 0 Å². The highest BCUT2D eigenvalue weighted by molar-refractivity contribution is 5.18. The minimum atomic E-state index is -2.54. The molecule has 0 spiro atoms. The minimum Gasteiger partial charge on any atom is -0.293 e. The first-order chi connectivity index (χ1) is 4.04. The molecule has 1 nitrogen and oxygen atoms in total. The van der Waals surface area contributed by atoms with Crippen LogP contribution in [0.15, 0.2) is 11.7 Å². The summed E-state index contributed by atoms with van der Waals surface area (Å²) in [4.78, 5) is 0. The fraction of sp³-hybridized carbons (Fsp3) is 0.600. The molecular weight excluding hydrogens is 131 g/mol. The molecule has 0 aromatic carbocycles. The lowest BCUT2D eigenvalue weighted by atomic mass is 10.2. The van der Waals surface area contributed by atoms with E-state index in [-0.39, 0.29) is 12.8 Å². The quantitative estimate of drug-likeness (QED) is 0.503. The Balaban J connectivity index is 2.88. The molecule has 9 heavy (non-hydrogen) atoms. The van der Waals surface area contributed by atoms with Crippen molar-refractivity contribution in [2.75, 3.05) is 0 Å². The van der Waals surface area contributed by atoms with Crippen LogP contribution in [0.2, 0.25) is 0 Å². The van der Waals surface area contributed by atoms with Crippen LogP contribution in [0, 0.1) is 0 Å². The molecule has 0 fully saturated rings. The van der Waals surface area contributed by atoms with Crippen molar-refractivity contribution in [3.63, 3.8) is 0 Å². The third-order valence-electron chi connectivity index (χ3n) is 1.31. The topological polar surface area (TPSA) is 26.0 Å². The first-order valence-electron chi connectivity index (χ1n) is 2.56. The zero-order valence-corrected chi connectivity index (χ0v) is 4.63. The van der Waals surface area contributed by atoms with E-state index in [1.807, 2.05) is 0 Å². The van der Waals surface area contributed by atoms with Crippen LogP contribution in [-0.2, 0) is 0 Å². The third-order valence-corrected chi connectivity index (χ3v) is 1.31. The Morgan fingerprint density at radius 1 is 1.44 bits per heavy atom. The number of alkyl halides is 1. The smallest absolute Gasteiger partial charge is 0.214 e. The molecular formula is C5H6F3N. The lowest BCUT2D eigenvalue weighted by Gasteiger charge is -2.09. The number of halogens is 3. The van der Waals surface area contributed by atoms with Gasteiger partial charge < -0.3 is 0 Å². The van der Waals surface area contributed by atoms with E-state index in [1.165, 1.54) is 0 Å². The summed E-state index contributed by atoms with van der Waals surface area (Å²) >= 11 is 0. The van der Waals surface area contributed by atoms with Gasteiger partial charge in [-0.1, -0.05) is 0 Å². The molecule has 4 heteroatoms. The zero-order chi connectivity index (χ0) is 7.07. The maximum absolute atomic E-state index is 12.4. The SMILES string of the molecule is NC1(F)CCC(F)=C1F. The van der Waals surface area contributed by atoms with Gasteiger partial charge in [-0.25, -0.2) is 13.2 Å². The summed E-state index contributed by atoms with van der Waals surface area (Å²) in [6, 6.07) is 0. The van der Waals surface area contributed by atoms with Gasteiger partial charge >= 0.3 is 0 Å². The fourth-order valence-corrected chi connectivity index (χ4v) is 0.737. The van der Waals surface area contributed by atoms with E-state index in [1.54, 1.807) is 0 Å². The number of hydrogen-bond acceptors (Lipinski definition) is 1. The third kappa shape index (κ3) is 0.941. The van der Waals surface area contributed by atoms with Crippen molar-refractivity contribution in [3.8, 4) is 0 Å². The van der Waals surface area contributed by atoms with Crippen molar-refractivity contribution in [2.45, 2.75) is 18.6 Å². The van der Waals surface area contributed by atoms with Gasteiger partial charge in [0.05, 0.1) is 0 Å². The van der Waals surface area contributed by atoms with Crippen LogP contribution in [0.1, 0.15) is 12.8 Å². The highest BCUT2D eigenvalue weighted by atomic mass is 19.2. The van der Waals surface area contributed by atoms with Crippen molar-refractivity contribution in [1.29, 1.82) is 0 Å². The molecule has 0 aromatic rings. The molecule has 1 rings (SSSR count). The van der Waals surface area contributed by atoms with Crippen LogP contribution in [0.25, 0.3) is 0 Å². The Bertz CT molecular complexity index is 162. The van der Waals surface area contributed by atoms with Crippen molar-refractivity contribution in [2.24, 2.45) is 5.73 Å². The Hall–Kier alpha value is -0.510. The van der Waals surface area contributed by atoms with Crippen molar-refractivity contribution in [1.82, 2.24) is 0 Å². The number of rotatable bonds is 0. The van der Waals surface area contributed by atoms with Crippen molar-refractivity contribution < 1.29 is 13.2 Å². The van der Waals surface area contributed by atoms with Crippen LogP contribution in [0.5, 0.6) is 0 Å². The molecule has 0 bridgehead atoms. The largest absolute Gasteiger partial charge is 0.293 e. The number of hydrogen-bond donors (Lipinski definition) is 1. The summed E-state index contributed by atoms with van der Waals surface area (Å²) in [5, 5.41) is 0. The van der Waals surface area contributed by atoms with Gasteiger partial charge in [-0.15, -0.1) is 0 Å². The first-order valence-corrected chi connectivity index (χ1v) is 2.56. The molecule has 0 radical (unpaired) electrons. The normalized spacial score (nSPS) is 36.0. The molecule has 0 saturated carbocycles. The van der Waals surface area contributed by atoms with E-state index < -0.39 is 17.4 Å². The average molecular weight is 137 g/mol. The second-order valence-electron chi connectivity index (χ2n) is 2.08. The predicted molar refractivity (Wildman–Crippen MR) is 26.5 cm³/mol. The van der Waals surface area contributed by atoms with E-state index in [9.17, 15) is 13.2 Å². The van der Waals surface area contributed by atoms with Crippen molar-refractivity contribution in [3.05, 3.63) is 11.7 Å². The number of nitrogens with two attached hydrogens (primary N) is 1. The molecule has 0 aromatic heterocycles. The number of allylic oxidation sites excluding steroid dienone is 1. The highest BCUT2D eigenvalue weighted by Crippen LogP contribution is 2.35. The fourth-order valence-electron chi connectivity index (χ4n) is 0.737. The summed E-state index contributed by atoms with van der Waals surface area (Å²) < 4.78 is 36.5. The molecule has 0 saturated heterocycles.